The van der Waals surface area contributed by atoms with Crippen molar-refractivity contribution in [2.45, 2.75) is 38.8 Å². The van der Waals surface area contributed by atoms with E-state index in [0.29, 0.717) is 18.6 Å². The van der Waals surface area contributed by atoms with Crippen molar-refractivity contribution in [2.24, 2.45) is 0 Å². The minimum Gasteiger partial charge on any atom is -0.462 e. The van der Waals surface area contributed by atoms with Crippen LogP contribution in [0.1, 0.15) is 41.8 Å². The molecule has 1 aliphatic rings. The number of ether oxygens (including phenoxy) is 2. The highest BCUT2D eigenvalue weighted by Crippen LogP contribution is 2.17. The lowest BCUT2D eigenvalue weighted by atomic mass is 9.98. The number of esters is 1. The molecule has 110 valence electrons. The lowest BCUT2D eigenvalue weighted by molar-refractivity contribution is -0.00563. The van der Waals surface area contributed by atoms with Crippen molar-refractivity contribution in [2.75, 3.05) is 20.3 Å². The average molecular weight is 277 g/mol. The molecule has 1 heterocycles. The maximum Gasteiger partial charge on any atom is 0.338 e. The van der Waals surface area contributed by atoms with Crippen molar-refractivity contribution in [3.8, 4) is 0 Å². The first-order chi connectivity index (χ1) is 9.52. The molecule has 0 amide bonds. The molecule has 0 atom stereocenters. The number of benzene rings is 1. The number of carbonyl (C=O) groups is 1. The molecule has 2 rings (SSSR count). The van der Waals surface area contributed by atoms with Crippen LogP contribution in [0.4, 0.5) is 0 Å². The Morgan fingerprint density at radius 3 is 2.90 bits per heavy atom. The SMILES string of the molecule is COC(C)(C)CCOC(=O)c1ccc2c(c1)CNCC2. The maximum absolute atomic E-state index is 12.0. The van der Waals surface area contributed by atoms with Gasteiger partial charge >= 0.3 is 5.97 Å². The van der Waals surface area contributed by atoms with Crippen LogP contribution in [0.25, 0.3) is 0 Å². The molecule has 1 aromatic carbocycles. The molecule has 20 heavy (non-hydrogen) atoms. The second-order valence-corrected chi connectivity index (χ2v) is 5.76. The van der Waals surface area contributed by atoms with E-state index >= 15 is 0 Å². The molecule has 0 unspecified atom stereocenters. The zero-order valence-electron chi connectivity index (χ0n) is 12.5. The van der Waals surface area contributed by atoms with Crippen molar-refractivity contribution in [1.29, 1.82) is 0 Å². The van der Waals surface area contributed by atoms with Crippen molar-refractivity contribution in [1.82, 2.24) is 5.32 Å². The standard InChI is InChI=1S/C16H23NO3/c1-16(2,19-3)7-9-20-15(18)13-5-4-12-6-8-17-11-14(12)10-13/h4-5,10,17H,6-9,11H2,1-3H3. The van der Waals surface area contributed by atoms with E-state index in [4.69, 9.17) is 9.47 Å². The Morgan fingerprint density at radius 2 is 2.15 bits per heavy atom. The normalized spacial score (nSPS) is 14.8. The zero-order valence-corrected chi connectivity index (χ0v) is 12.5. The van der Waals surface area contributed by atoms with E-state index in [1.807, 2.05) is 32.0 Å². The van der Waals surface area contributed by atoms with E-state index in [-0.39, 0.29) is 11.6 Å². The van der Waals surface area contributed by atoms with Gasteiger partial charge in [-0.25, -0.2) is 4.79 Å². The Morgan fingerprint density at radius 1 is 1.35 bits per heavy atom. The third kappa shape index (κ3) is 3.81. The van der Waals surface area contributed by atoms with Gasteiger partial charge in [0, 0.05) is 20.1 Å². The lowest BCUT2D eigenvalue weighted by Crippen LogP contribution is -2.25. The summed E-state index contributed by atoms with van der Waals surface area (Å²) in [5.41, 5.74) is 2.88. The highest BCUT2D eigenvalue weighted by molar-refractivity contribution is 5.89. The molecule has 4 heteroatoms. The van der Waals surface area contributed by atoms with Crippen LogP contribution in [0, 0.1) is 0 Å². The highest BCUT2D eigenvalue weighted by atomic mass is 16.5. The van der Waals surface area contributed by atoms with Gasteiger partial charge in [0.1, 0.15) is 0 Å². The van der Waals surface area contributed by atoms with E-state index in [1.165, 1.54) is 11.1 Å². The number of methoxy groups -OCH3 is 1. The van der Waals surface area contributed by atoms with E-state index in [2.05, 4.69) is 5.32 Å². The number of carbonyl (C=O) groups excluding carboxylic acids is 1. The van der Waals surface area contributed by atoms with E-state index in [1.54, 1.807) is 7.11 Å². The molecule has 0 aromatic heterocycles. The van der Waals surface area contributed by atoms with Gasteiger partial charge in [0.25, 0.3) is 0 Å². The van der Waals surface area contributed by atoms with E-state index in [9.17, 15) is 4.79 Å². The number of nitrogens with one attached hydrogen (secondary N) is 1. The summed E-state index contributed by atoms with van der Waals surface area (Å²) in [6.07, 6.45) is 1.70. The predicted octanol–water partition coefficient (Wildman–Crippen LogP) is 2.30. The van der Waals surface area contributed by atoms with Gasteiger partial charge in [-0.1, -0.05) is 6.07 Å². The van der Waals surface area contributed by atoms with Gasteiger partial charge in [-0.15, -0.1) is 0 Å². The molecule has 0 radical (unpaired) electrons. The summed E-state index contributed by atoms with van der Waals surface area (Å²) >= 11 is 0. The molecule has 0 fully saturated rings. The van der Waals surface area contributed by atoms with Gasteiger partial charge in [-0.05, 0) is 50.1 Å². The molecule has 0 aliphatic carbocycles. The molecular formula is C16H23NO3. The third-order valence-corrected chi connectivity index (χ3v) is 3.82. The zero-order chi connectivity index (χ0) is 14.6. The molecule has 4 nitrogen and oxygen atoms in total. The fraction of sp³-hybridized carbons (Fsp3) is 0.562. The molecule has 1 aliphatic heterocycles. The predicted molar refractivity (Wildman–Crippen MR) is 77.8 cm³/mol. The van der Waals surface area contributed by atoms with E-state index < -0.39 is 0 Å². The molecule has 0 saturated carbocycles. The smallest absolute Gasteiger partial charge is 0.338 e. The van der Waals surface area contributed by atoms with Crippen LogP contribution in [-0.2, 0) is 22.4 Å². The Balaban J connectivity index is 1.93. The Kier molecular flexibility index (Phi) is 4.78. The summed E-state index contributed by atoms with van der Waals surface area (Å²) in [7, 11) is 1.66. The summed E-state index contributed by atoms with van der Waals surface area (Å²) in [6, 6.07) is 5.82. The number of rotatable bonds is 5. The molecule has 1 N–H and O–H groups in total. The van der Waals surface area contributed by atoms with Crippen molar-refractivity contribution in [3.05, 3.63) is 34.9 Å². The van der Waals surface area contributed by atoms with Gasteiger partial charge < -0.3 is 14.8 Å². The van der Waals surface area contributed by atoms with Crippen molar-refractivity contribution < 1.29 is 14.3 Å². The second kappa shape index (κ2) is 6.37. The topological polar surface area (TPSA) is 47.6 Å². The van der Waals surface area contributed by atoms with Gasteiger partial charge in [-0.3, -0.25) is 0 Å². The number of hydrogen-bond acceptors (Lipinski definition) is 4. The van der Waals surface area contributed by atoms with Crippen LogP contribution in [0.5, 0.6) is 0 Å². The van der Waals surface area contributed by atoms with Gasteiger partial charge in [-0.2, -0.15) is 0 Å². The van der Waals surface area contributed by atoms with Crippen molar-refractivity contribution >= 4 is 5.97 Å². The van der Waals surface area contributed by atoms with Gasteiger partial charge in [0.2, 0.25) is 0 Å². The molecule has 0 bridgehead atoms. The summed E-state index contributed by atoms with van der Waals surface area (Å²) < 4.78 is 10.6. The first-order valence-corrected chi connectivity index (χ1v) is 7.07. The minimum absolute atomic E-state index is 0.259. The van der Waals surface area contributed by atoms with Gasteiger partial charge in [0.15, 0.2) is 0 Å². The van der Waals surface area contributed by atoms with Crippen LogP contribution in [0.3, 0.4) is 0 Å². The summed E-state index contributed by atoms with van der Waals surface area (Å²) in [5, 5.41) is 3.31. The summed E-state index contributed by atoms with van der Waals surface area (Å²) in [5.74, 6) is -0.259. The summed E-state index contributed by atoms with van der Waals surface area (Å²) in [4.78, 5) is 12.0. The molecular weight excluding hydrogens is 254 g/mol. The Hall–Kier alpha value is -1.39. The fourth-order valence-corrected chi connectivity index (χ4v) is 2.18. The molecule has 0 saturated heterocycles. The molecule has 0 spiro atoms. The largest absolute Gasteiger partial charge is 0.462 e. The monoisotopic (exact) mass is 277 g/mol. The van der Waals surface area contributed by atoms with Crippen LogP contribution >= 0.6 is 0 Å². The first-order valence-electron chi connectivity index (χ1n) is 7.07. The van der Waals surface area contributed by atoms with Crippen molar-refractivity contribution in [3.63, 3.8) is 0 Å². The third-order valence-electron chi connectivity index (χ3n) is 3.82. The number of fused-ring (bicyclic) bond motifs is 1. The lowest BCUT2D eigenvalue weighted by Gasteiger charge is -2.22. The molecule has 1 aromatic rings. The number of hydrogen-bond donors (Lipinski definition) is 1. The Bertz CT molecular complexity index is 483. The summed E-state index contributed by atoms with van der Waals surface area (Å²) in [6.45, 7) is 6.15. The fourth-order valence-electron chi connectivity index (χ4n) is 2.18. The van der Waals surface area contributed by atoms with Crippen LogP contribution in [0.2, 0.25) is 0 Å². The maximum atomic E-state index is 12.0. The van der Waals surface area contributed by atoms with E-state index in [0.717, 1.165) is 19.5 Å². The van der Waals surface area contributed by atoms with Gasteiger partial charge in [0.05, 0.1) is 17.8 Å². The van der Waals surface area contributed by atoms with Crippen LogP contribution in [-0.4, -0.2) is 31.8 Å². The quantitative estimate of drug-likeness (QED) is 0.839. The van der Waals surface area contributed by atoms with Crippen LogP contribution < -0.4 is 5.32 Å². The highest BCUT2D eigenvalue weighted by Gasteiger charge is 2.18. The first kappa shape index (κ1) is 15.0. The second-order valence-electron chi connectivity index (χ2n) is 5.76. The average Bonchev–Trinajstić information content (AvgIpc) is 2.46. The minimum atomic E-state index is -0.264. The Labute approximate surface area is 120 Å². The van der Waals surface area contributed by atoms with Crippen LogP contribution in [0.15, 0.2) is 18.2 Å².